The van der Waals surface area contributed by atoms with Gasteiger partial charge in [-0.25, -0.2) is 9.97 Å². The molecule has 3 N–H and O–H groups in total. The molecule has 0 aromatic carbocycles. The monoisotopic (exact) mass is 356 g/mol. The predicted octanol–water partition coefficient (Wildman–Crippen LogP) is 2.59. The number of anilines is 2. The molecule has 8 heteroatoms. The van der Waals surface area contributed by atoms with Crippen LogP contribution in [0.4, 0.5) is 11.6 Å². The first-order valence-corrected chi connectivity index (χ1v) is 8.33. The van der Waals surface area contributed by atoms with E-state index in [4.69, 9.17) is 17.3 Å². The summed E-state index contributed by atoms with van der Waals surface area (Å²) in [6.45, 7) is 2.07. The Morgan fingerprint density at radius 3 is 2.88 bits per heavy atom. The fourth-order valence-electron chi connectivity index (χ4n) is 3.41. The Balaban J connectivity index is 1.54. The van der Waals surface area contributed by atoms with Gasteiger partial charge in [-0.15, -0.1) is 0 Å². The second-order valence-corrected chi connectivity index (χ2v) is 6.86. The molecule has 3 heterocycles. The van der Waals surface area contributed by atoms with Crippen molar-refractivity contribution in [3.63, 3.8) is 0 Å². The molecule has 1 aliphatic carbocycles. The van der Waals surface area contributed by atoms with Gasteiger partial charge in [-0.1, -0.05) is 18.5 Å². The van der Waals surface area contributed by atoms with Gasteiger partial charge in [-0.05, 0) is 29.0 Å². The Morgan fingerprint density at radius 1 is 1.36 bits per heavy atom. The zero-order valence-electron chi connectivity index (χ0n) is 13.8. The number of rotatable bonds is 3. The van der Waals surface area contributed by atoms with Gasteiger partial charge in [-0.3, -0.25) is 9.48 Å². The van der Waals surface area contributed by atoms with Gasteiger partial charge in [0.25, 0.3) is 0 Å². The molecular formula is C17H17ClN6O. The van der Waals surface area contributed by atoms with E-state index >= 15 is 0 Å². The molecule has 4 rings (SSSR count). The molecular weight excluding hydrogens is 340 g/mol. The maximum absolute atomic E-state index is 12.6. The Labute approximate surface area is 149 Å². The van der Waals surface area contributed by atoms with E-state index in [1.54, 1.807) is 23.0 Å². The van der Waals surface area contributed by atoms with E-state index in [1.807, 2.05) is 19.4 Å². The van der Waals surface area contributed by atoms with E-state index in [-0.39, 0.29) is 23.7 Å². The molecule has 1 saturated carbocycles. The van der Waals surface area contributed by atoms with Crippen molar-refractivity contribution in [1.82, 2.24) is 19.7 Å². The van der Waals surface area contributed by atoms with Crippen LogP contribution in [0.3, 0.4) is 0 Å². The van der Waals surface area contributed by atoms with E-state index in [1.165, 1.54) is 0 Å². The highest BCUT2D eigenvalue weighted by Gasteiger charge is 2.52. The SMILES string of the molecule is CC1[C@H](C(=O)Nc2cc3cc(Cl)nc(N)c3cn2)[C@H]1c1cnn(C)c1. The number of aromatic nitrogens is 4. The smallest absolute Gasteiger partial charge is 0.229 e. The Kier molecular flexibility index (Phi) is 3.61. The molecule has 1 unspecified atom stereocenters. The van der Waals surface area contributed by atoms with Crippen molar-refractivity contribution >= 4 is 39.9 Å². The standard InChI is InChI=1S/C17H17ClN6O/c1-8-14(10-5-21-24(2)7-10)15(8)17(25)23-13-4-9-3-12(18)22-16(19)11(9)6-20-13/h3-8,14-15H,1-2H3,(H2,19,22)(H,20,23,25)/t8?,14-,15+/m1/s1. The minimum atomic E-state index is -0.0761. The molecule has 0 radical (unpaired) electrons. The Bertz CT molecular complexity index is 984. The van der Waals surface area contributed by atoms with E-state index in [0.29, 0.717) is 22.2 Å². The van der Waals surface area contributed by atoms with Gasteiger partial charge in [0.15, 0.2) is 0 Å². The minimum Gasteiger partial charge on any atom is -0.383 e. The fourth-order valence-corrected chi connectivity index (χ4v) is 3.61. The molecule has 3 aromatic heterocycles. The zero-order valence-corrected chi connectivity index (χ0v) is 14.5. The van der Waals surface area contributed by atoms with Crippen LogP contribution in [0.25, 0.3) is 10.8 Å². The highest BCUT2D eigenvalue weighted by atomic mass is 35.5. The van der Waals surface area contributed by atoms with Gasteiger partial charge in [0.05, 0.1) is 6.20 Å². The lowest BCUT2D eigenvalue weighted by Gasteiger charge is -2.07. The van der Waals surface area contributed by atoms with E-state index < -0.39 is 0 Å². The largest absolute Gasteiger partial charge is 0.383 e. The van der Waals surface area contributed by atoms with Crippen LogP contribution < -0.4 is 11.1 Å². The first-order chi connectivity index (χ1) is 11.9. The number of aryl methyl sites for hydroxylation is 1. The van der Waals surface area contributed by atoms with E-state index in [2.05, 4.69) is 27.3 Å². The van der Waals surface area contributed by atoms with Crippen LogP contribution in [-0.2, 0) is 11.8 Å². The van der Waals surface area contributed by atoms with E-state index in [9.17, 15) is 4.79 Å². The molecule has 25 heavy (non-hydrogen) atoms. The van der Waals surface area contributed by atoms with E-state index in [0.717, 1.165) is 10.9 Å². The molecule has 0 spiro atoms. The number of hydrogen-bond acceptors (Lipinski definition) is 5. The second-order valence-electron chi connectivity index (χ2n) is 6.47. The third-order valence-corrected chi connectivity index (χ3v) is 4.95. The molecule has 3 atom stereocenters. The third-order valence-electron chi connectivity index (χ3n) is 4.76. The summed E-state index contributed by atoms with van der Waals surface area (Å²) >= 11 is 5.94. The van der Waals surface area contributed by atoms with Crippen LogP contribution in [0, 0.1) is 11.8 Å². The van der Waals surface area contributed by atoms with Crippen LogP contribution in [0.2, 0.25) is 5.15 Å². The quantitative estimate of drug-likeness (QED) is 0.703. The normalized spacial score (nSPS) is 22.1. The zero-order chi connectivity index (χ0) is 17.7. The summed E-state index contributed by atoms with van der Waals surface area (Å²) in [5.74, 6) is 1.15. The lowest BCUT2D eigenvalue weighted by atomic mass is 10.2. The van der Waals surface area contributed by atoms with Crippen molar-refractivity contribution in [2.45, 2.75) is 12.8 Å². The van der Waals surface area contributed by atoms with Gasteiger partial charge >= 0.3 is 0 Å². The maximum atomic E-state index is 12.6. The van der Waals surface area contributed by atoms with Crippen molar-refractivity contribution < 1.29 is 4.79 Å². The minimum absolute atomic E-state index is 0.0404. The number of hydrogen-bond donors (Lipinski definition) is 2. The number of halogens is 1. The maximum Gasteiger partial charge on any atom is 0.229 e. The highest BCUT2D eigenvalue weighted by molar-refractivity contribution is 6.30. The third kappa shape index (κ3) is 2.80. The number of pyridine rings is 2. The van der Waals surface area contributed by atoms with Crippen LogP contribution >= 0.6 is 11.6 Å². The Hall–Kier alpha value is -2.67. The molecule has 0 aliphatic heterocycles. The van der Waals surface area contributed by atoms with Crippen molar-refractivity contribution in [2.24, 2.45) is 18.9 Å². The lowest BCUT2D eigenvalue weighted by molar-refractivity contribution is -0.117. The summed E-state index contributed by atoms with van der Waals surface area (Å²) in [4.78, 5) is 20.9. The summed E-state index contributed by atoms with van der Waals surface area (Å²) in [5.41, 5.74) is 6.93. The fraction of sp³-hybridized carbons (Fsp3) is 0.294. The predicted molar refractivity (Wildman–Crippen MR) is 96.2 cm³/mol. The van der Waals surface area contributed by atoms with Gasteiger partial charge in [-0.2, -0.15) is 5.10 Å². The molecule has 7 nitrogen and oxygen atoms in total. The summed E-state index contributed by atoms with van der Waals surface area (Å²) < 4.78 is 1.75. The first kappa shape index (κ1) is 15.8. The average molecular weight is 357 g/mol. The van der Waals surface area contributed by atoms with Gasteiger partial charge < -0.3 is 11.1 Å². The molecule has 1 fully saturated rings. The number of nitrogens with zero attached hydrogens (tertiary/aromatic N) is 4. The van der Waals surface area contributed by atoms with Crippen molar-refractivity contribution in [3.8, 4) is 0 Å². The van der Waals surface area contributed by atoms with Crippen LogP contribution in [0.5, 0.6) is 0 Å². The number of nitrogen functional groups attached to an aromatic ring is 1. The van der Waals surface area contributed by atoms with Crippen LogP contribution in [0.1, 0.15) is 18.4 Å². The molecule has 0 bridgehead atoms. The van der Waals surface area contributed by atoms with Crippen LogP contribution in [-0.4, -0.2) is 25.7 Å². The number of carbonyl (C=O) groups excluding carboxylic acids is 1. The average Bonchev–Trinajstić information content (AvgIpc) is 3.02. The van der Waals surface area contributed by atoms with Gasteiger partial charge in [0.1, 0.15) is 16.8 Å². The molecule has 1 amide bonds. The van der Waals surface area contributed by atoms with Crippen molar-refractivity contribution in [1.29, 1.82) is 0 Å². The lowest BCUT2D eigenvalue weighted by Crippen LogP contribution is -2.16. The number of nitrogens with two attached hydrogens (primary N) is 1. The summed E-state index contributed by atoms with van der Waals surface area (Å²) in [5, 5.41) is 8.87. The van der Waals surface area contributed by atoms with Crippen molar-refractivity contribution in [3.05, 3.63) is 41.4 Å². The molecule has 3 aromatic rings. The number of carbonyl (C=O) groups is 1. The van der Waals surface area contributed by atoms with Crippen molar-refractivity contribution in [2.75, 3.05) is 11.1 Å². The Morgan fingerprint density at radius 2 is 2.16 bits per heavy atom. The summed E-state index contributed by atoms with van der Waals surface area (Å²) in [7, 11) is 1.87. The van der Waals surface area contributed by atoms with Crippen LogP contribution in [0.15, 0.2) is 30.7 Å². The summed E-state index contributed by atoms with van der Waals surface area (Å²) in [6, 6.07) is 3.45. The number of fused-ring (bicyclic) bond motifs is 1. The van der Waals surface area contributed by atoms with Gasteiger partial charge in [0, 0.05) is 36.7 Å². The topological polar surface area (TPSA) is 98.7 Å². The van der Waals surface area contributed by atoms with Gasteiger partial charge in [0.2, 0.25) is 5.91 Å². The molecule has 0 saturated heterocycles. The number of nitrogens with one attached hydrogen (secondary N) is 1. The number of amides is 1. The highest BCUT2D eigenvalue weighted by Crippen LogP contribution is 2.54. The molecule has 128 valence electrons. The second kappa shape index (κ2) is 5.70. The summed E-state index contributed by atoms with van der Waals surface area (Å²) in [6.07, 6.45) is 5.37. The molecule has 1 aliphatic rings. The first-order valence-electron chi connectivity index (χ1n) is 7.95.